The van der Waals surface area contributed by atoms with Crippen LogP contribution in [0.25, 0.3) is 0 Å². The Morgan fingerprint density at radius 1 is 1.11 bits per heavy atom. The summed E-state index contributed by atoms with van der Waals surface area (Å²) in [6, 6.07) is 5.19. The molecule has 0 fully saturated rings. The number of benzene rings is 1. The Balaban J connectivity index is 1.41. The maximum Gasteiger partial charge on any atom is 0.335 e. The summed E-state index contributed by atoms with van der Waals surface area (Å²) in [5, 5.41) is 15.0. The van der Waals surface area contributed by atoms with E-state index >= 15 is 0 Å². The zero-order valence-electron chi connectivity index (χ0n) is 24.7. The van der Waals surface area contributed by atoms with Crippen molar-refractivity contribution in [3.05, 3.63) is 99.8 Å². The molecule has 11 heteroatoms. The molecule has 1 aromatic rings. The van der Waals surface area contributed by atoms with E-state index in [1.807, 2.05) is 12.2 Å². The molecule has 0 radical (unpaired) electrons. The van der Waals surface area contributed by atoms with Crippen molar-refractivity contribution in [1.82, 2.24) is 15.5 Å². The molecular weight excluding hydrogens is 603 g/mol. The summed E-state index contributed by atoms with van der Waals surface area (Å²) in [7, 11) is 1.67. The third kappa shape index (κ3) is 7.96. The lowest BCUT2D eigenvalue weighted by atomic mass is 10.0. The number of carboxylic acid groups (broad SMARTS) is 1. The maximum absolute atomic E-state index is 13.5. The number of hydrogen-bond acceptors (Lipinski definition) is 5. The van der Waals surface area contributed by atoms with Gasteiger partial charge in [-0.15, -0.1) is 11.6 Å². The Morgan fingerprint density at radius 2 is 1.86 bits per heavy atom. The number of carbonyl (C=O) groups excluding carboxylic acids is 3. The molecule has 9 nitrogen and oxygen atoms in total. The highest BCUT2D eigenvalue weighted by atomic mass is 35.5. The number of imide groups is 1. The number of likely N-dealkylation sites (N-methyl/N-ethyl adjacent to an activating group) is 1. The molecule has 0 saturated heterocycles. The second kappa shape index (κ2) is 15.2. The van der Waals surface area contributed by atoms with Gasteiger partial charge in [0.2, 0.25) is 5.91 Å². The lowest BCUT2D eigenvalue weighted by Gasteiger charge is -2.25. The fourth-order valence-electron chi connectivity index (χ4n) is 5.13. The number of hydrogen-bond donors (Lipinski definition) is 3. The Bertz CT molecular complexity index is 1490. The zero-order chi connectivity index (χ0) is 31.8. The van der Waals surface area contributed by atoms with Gasteiger partial charge in [-0.25, -0.2) is 14.5 Å². The SMILES string of the molecule is CCCNCC1=CCC2=C(C=C1)N(C)C(=O)N(c1ccc(CCC(NC(=O)C3=C(Cl)C=CC=CC3Cl)C(=O)O)cc1)C(=O)C2. The normalized spacial score (nSPS) is 19.4. The van der Waals surface area contributed by atoms with Crippen molar-refractivity contribution in [3.8, 4) is 0 Å². The summed E-state index contributed by atoms with van der Waals surface area (Å²) < 4.78 is 0. The van der Waals surface area contributed by atoms with Crippen molar-refractivity contribution in [2.24, 2.45) is 0 Å². The summed E-state index contributed by atoms with van der Waals surface area (Å²) in [5.74, 6) is -2.17. The summed E-state index contributed by atoms with van der Waals surface area (Å²) in [6.45, 7) is 3.75. The number of allylic oxidation sites excluding steroid dienone is 7. The van der Waals surface area contributed by atoms with Crippen LogP contribution in [0.1, 0.15) is 38.2 Å². The van der Waals surface area contributed by atoms with Gasteiger partial charge < -0.3 is 15.7 Å². The number of alkyl halides is 1. The van der Waals surface area contributed by atoms with Crippen LogP contribution in [-0.4, -0.2) is 65.4 Å². The van der Waals surface area contributed by atoms with E-state index in [0.29, 0.717) is 18.5 Å². The number of amides is 4. The minimum atomic E-state index is -1.19. The van der Waals surface area contributed by atoms with E-state index in [-0.39, 0.29) is 29.4 Å². The number of halogens is 2. The van der Waals surface area contributed by atoms with Gasteiger partial charge in [-0.1, -0.05) is 61.0 Å². The van der Waals surface area contributed by atoms with Crippen LogP contribution in [-0.2, 0) is 20.8 Å². The third-order valence-electron chi connectivity index (χ3n) is 7.57. The van der Waals surface area contributed by atoms with Crippen LogP contribution in [0.5, 0.6) is 0 Å². The first kappa shape index (κ1) is 33.0. The summed E-state index contributed by atoms with van der Waals surface area (Å²) in [5.41, 5.74) is 3.98. The number of aliphatic carboxylic acids is 1. The third-order valence-corrected chi connectivity index (χ3v) is 8.26. The van der Waals surface area contributed by atoms with Crippen LogP contribution in [0.15, 0.2) is 94.2 Å². The molecule has 2 unspecified atom stereocenters. The predicted molar refractivity (Wildman–Crippen MR) is 172 cm³/mol. The molecule has 3 aliphatic rings. The molecule has 0 spiro atoms. The summed E-state index contributed by atoms with van der Waals surface area (Å²) in [4.78, 5) is 54.3. The molecule has 0 saturated carbocycles. The van der Waals surface area contributed by atoms with Crippen LogP contribution in [0.3, 0.4) is 0 Å². The minimum Gasteiger partial charge on any atom is -0.480 e. The molecule has 4 rings (SSSR count). The monoisotopic (exact) mass is 638 g/mol. The molecular formula is C33H36Cl2N4O5. The van der Waals surface area contributed by atoms with E-state index in [0.717, 1.165) is 41.9 Å². The van der Waals surface area contributed by atoms with Gasteiger partial charge in [0.15, 0.2) is 0 Å². The number of carbonyl (C=O) groups is 4. The molecule has 1 heterocycles. The zero-order valence-corrected chi connectivity index (χ0v) is 26.2. The first-order valence-electron chi connectivity index (χ1n) is 14.5. The van der Waals surface area contributed by atoms with Crippen LogP contribution >= 0.6 is 23.2 Å². The highest BCUT2D eigenvalue weighted by Gasteiger charge is 2.33. The fraction of sp³-hybridized carbons (Fsp3) is 0.333. The van der Waals surface area contributed by atoms with Crippen molar-refractivity contribution in [2.45, 2.75) is 50.4 Å². The van der Waals surface area contributed by atoms with Crippen molar-refractivity contribution in [3.63, 3.8) is 0 Å². The second-order valence-corrected chi connectivity index (χ2v) is 11.6. The fourth-order valence-corrected chi connectivity index (χ4v) is 5.76. The van der Waals surface area contributed by atoms with Gasteiger partial charge >= 0.3 is 12.0 Å². The lowest BCUT2D eigenvalue weighted by Crippen LogP contribution is -2.43. The molecule has 3 N–H and O–H groups in total. The molecule has 0 aromatic heterocycles. The van der Waals surface area contributed by atoms with Gasteiger partial charge in [-0.2, -0.15) is 0 Å². The van der Waals surface area contributed by atoms with E-state index < -0.39 is 29.3 Å². The standard InChI is InChI=1S/C33H36Cl2N4O5/c1-3-18-36-20-22-8-13-23-19-29(40)39(33(44)38(2)28(23)17-12-22)24-14-9-21(10-15-24)11-16-27(32(42)43)37-31(41)30-25(34)6-4-5-7-26(30)35/h4-10,12,14-15,17,25,27,36H,3,11,13,16,18-20H2,1-2H3,(H,37,41)(H,42,43). The maximum atomic E-state index is 13.5. The van der Waals surface area contributed by atoms with Gasteiger partial charge in [0.25, 0.3) is 5.91 Å². The minimum absolute atomic E-state index is 0.0772. The van der Waals surface area contributed by atoms with Gasteiger partial charge in [0, 0.05) is 19.3 Å². The molecule has 232 valence electrons. The molecule has 44 heavy (non-hydrogen) atoms. The molecule has 2 aliphatic carbocycles. The van der Waals surface area contributed by atoms with Gasteiger partial charge in [-0.3, -0.25) is 14.5 Å². The average Bonchev–Trinajstić information content (AvgIpc) is 3.33. The van der Waals surface area contributed by atoms with Gasteiger partial charge in [0.1, 0.15) is 6.04 Å². The van der Waals surface area contributed by atoms with Crippen LogP contribution < -0.4 is 15.5 Å². The van der Waals surface area contributed by atoms with Crippen LogP contribution in [0.2, 0.25) is 0 Å². The van der Waals surface area contributed by atoms with E-state index in [2.05, 4.69) is 23.6 Å². The number of urea groups is 1. The number of anilines is 1. The highest BCUT2D eigenvalue weighted by Crippen LogP contribution is 2.30. The number of nitrogens with one attached hydrogen (secondary N) is 2. The first-order chi connectivity index (χ1) is 21.1. The Kier molecular flexibility index (Phi) is 11.4. The van der Waals surface area contributed by atoms with Crippen LogP contribution in [0, 0.1) is 0 Å². The van der Waals surface area contributed by atoms with Crippen molar-refractivity contribution >= 4 is 52.7 Å². The molecule has 2 atom stereocenters. The van der Waals surface area contributed by atoms with Gasteiger partial charge in [0.05, 0.1) is 28.1 Å². The Labute approximate surface area is 267 Å². The molecule has 4 amide bonds. The van der Waals surface area contributed by atoms with Gasteiger partial charge in [-0.05, 0) is 73.2 Å². The quantitative estimate of drug-likeness (QED) is 0.222. The molecule has 1 aliphatic heterocycles. The van der Waals surface area contributed by atoms with E-state index in [4.69, 9.17) is 23.2 Å². The predicted octanol–water partition coefficient (Wildman–Crippen LogP) is 5.34. The lowest BCUT2D eigenvalue weighted by molar-refractivity contribution is -0.141. The Morgan fingerprint density at radius 3 is 2.57 bits per heavy atom. The van der Waals surface area contributed by atoms with E-state index in [9.17, 15) is 24.3 Å². The average molecular weight is 640 g/mol. The number of aryl methyl sites for hydroxylation is 1. The van der Waals surface area contributed by atoms with E-state index in [1.165, 1.54) is 15.9 Å². The number of nitrogens with zero attached hydrogens (tertiary/aromatic N) is 2. The first-order valence-corrected chi connectivity index (χ1v) is 15.3. The second-order valence-electron chi connectivity index (χ2n) is 10.7. The van der Waals surface area contributed by atoms with Crippen molar-refractivity contribution < 1.29 is 24.3 Å². The molecule has 1 aromatic carbocycles. The smallest absolute Gasteiger partial charge is 0.335 e. The van der Waals surface area contributed by atoms with E-state index in [1.54, 1.807) is 49.5 Å². The summed E-state index contributed by atoms with van der Waals surface area (Å²) >= 11 is 12.5. The molecule has 0 bridgehead atoms. The van der Waals surface area contributed by atoms with Crippen LogP contribution in [0.4, 0.5) is 10.5 Å². The highest BCUT2D eigenvalue weighted by molar-refractivity contribution is 6.36. The topological polar surface area (TPSA) is 119 Å². The van der Waals surface area contributed by atoms with Crippen molar-refractivity contribution in [1.29, 1.82) is 0 Å². The number of rotatable bonds is 11. The summed E-state index contributed by atoms with van der Waals surface area (Å²) in [6.07, 6.45) is 14.5. The largest absolute Gasteiger partial charge is 0.480 e. The van der Waals surface area contributed by atoms with Crippen molar-refractivity contribution in [2.75, 3.05) is 25.0 Å². The number of carboxylic acids is 1. The Hall–Kier alpha value is -3.92.